The van der Waals surface area contributed by atoms with E-state index in [0.717, 1.165) is 0 Å². The zero-order valence-electron chi connectivity index (χ0n) is 17.7. The summed E-state index contributed by atoms with van der Waals surface area (Å²) in [5, 5.41) is 3.49. The van der Waals surface area contributed by atoms with Crippen molar-refractivity contribution in [1.29, 1.82) is 0 Å². The smallest absolute Gasteiger partial charge is 0.340 e. The Morgan fingerprint density at radius 3 is 2.29 bits per heavy atom. The van der Waals surface area contributed by atoms with Crippen LogP contribution in [0.25, 0.3) is 0 Å². The molecule has 1 unspecified atom stereocenters. The quantitative estimate of drug-likeness (QED) is 0.351. The minimum atomic E-state index is -3.68. The van der Waals surface area contributed by atoms with Crippen molar-refractivity contribution in [1.82, 2.24) is 10.2 Å². The van der Waals surface area contributed by atoms with Crippen molar-refractivity contribution in [3.05, 3.63) is 33.8 Å². The minimum Gasteiger partial charge on any atom is -0.350 e. The molecule has 0 radical (unpaired) electrons. The van der Waals surface area contributed by atoms with Gasteiger partial charge in [0.05, 0.1) is 13.2 Å². The second kappa shape index (κ2) is 11.4. The maximum atomic E-state index is 13.0. The summed E-state index contributed by atoms with van der Waals surface area (Å²) in [7, 11) is -3.68. The predicted molar refractivity (Wildman–Crippen MR) is 118 cm³/mol. The van der Waals surface area contributed by atoms with Gasteiger partial charge in [0.2, 0.25) is 5.91 Å². The van der Waals surface area contributed by atoms with E-state index in [1.165, 1.54) is 11.8 Å². The molecule has 8 nitrogen and oxygen atoms in total. The largest absolute Gasteiger partial charge is 0.350 e. The summed E-state index contributed by atoms with van der Waals surface area (Å²) in [6.07, 6.45) is 0.768. The van der Waals surface area contributed by atoms with E-state index in [9.17, 15) is 18.9 Å². The molecule has 0 bridgehead atoms. The molecule has 1 aliphatic rings. The van der Waals surface area contributed by atoms with Crippen LogP contribution < -0.4 is 5.32 Å². The number of Topliss-reactive ketones (excluding diaryl/α,β-unsaturated/α-hetero) is 1. The van der Waals surface area contributed by atoms with Gasteiger partial charge < -0.3 is 19.3 Å². The van der Waals surface area contributed by atoms with Crippen molar-refractivity contribution < 1.29 is 28.0 Å². The summed E-state index contributed by atoms with van der Waals surface area (Å²) in [5.41, 5.74) is 0.614. The van der Waals surface area contributed by atoms with Gasteiger partial charge in [0.1, 0.15) is 6.16 Å². The van der Waals surface area contributed by atoms with E-state index in [1.54, 1.807) is 32.0 Å². The highest BCUT2D eigenvalue weighted by atomic mass is 35.5. The Balaban J connectivity index is 2.18. The van der Waals surface area contributed by atoms with Crippen molar-refractivity contribution in [2.24, 2.45) is 0 Å². The summed E-state index contributed by atoms with van der Waals surface area (Å²) in [6, 6.07) is 3.23. The molecule has 11 heteroatoms. The fourth-order valence-electron chi connectivity index (χ4n) is 3.13. The molecule has 0 aliphatic heterocycles. The highest BCUT2D eigenvalue weighted by Gasteiger charge is 2.44. The number of carbonyl (C=O) groups excluding carboxylic acids is 3. The molecule has 0 spiro atoms. The van der Waals surface area contributed by atoms with Gasteiger partial charge in [-0.15, -0.1) is 0 Å². The van der Waals surface area contributed by atoms with E-state index in [-0.39, 0.29) is 25.8 Å². The van der Waals surface area contributed by atoms with E-state index in [1.807, 2.05) is 0 Å². The van der Waals surface area contributed by atoms with Gasteiger partial charge >= 0.3 is 7.60 Å². The molecule has 1 aromatic rings. The van der Waals surface area contributed by atoms with Gasteiger partial charge in [-0.05, 0) is 51.3 Å². The molecule has 1 fully saturated rings. The molecule has 31 heavy (non-hydrogen) atoms. The fraction of sp³-hybridized carbons (Fsp3) is 0.550. The molecule has 1 aromatic carbocycles. The fourth-order valence-corrected chi connectivity index (χ4v) is 5.15. The monoisotopic (exact) mass is 492 g/mol. The summed E-state index contributed by atoms with van der Waals surface area (Å²) in [5.74, 6) is -1.75. The summed E-state index contributed by atoms with van der Waals surface area (Å²) in [6.45, 7) is 4.79. The second-order valence-electron chi connectivity index (χ2n) is 7.10. The zero-order valence-corrected chi connectivity index (χ0v) is 20.1. The molecule has 2 rings (SSSR count). The van der Waals surface area contributed by atoms with Gasteiger partial charge in [-0.25, -0.2) is 0 Å². The highest BCUT2D eigenvalue weighted by Crippen LogP contribution is 2.48. The molecule has 0 heterocycles. The van der Waals surface area contributed by atoms with Gasteiger partial charge in [0.25, 0.3) is 5.91 Å². The third kappa shape index (κ3) is 7.29. The van der Waals surface area contributed by atoms with Crippen LogP contribution in [-0.4, -0.2) is 54.0 Å². The van der Waals surface area contributed by atoms with Crippen LogP contribution in [0.1, 0.15) is 39.2 Å². The number of halogens is 2. The van der Waals surface area contributed by atoms with Gasteiger partial charge in [-0.3, -0.25) is 18.9 Å². The van der Waals surface area contributed by atoms with E-state index >= 15 is 0 Å². The first kappa shape index (κ1) is 25.8. The Hall–Kier alpha value is -1.44. The van der Waals surface area contributed by atoms with Crippen molar-refractivity contribution in [2.45, 2.75) is 52.2 Å². The molecule has 2 amide bonds. The van der Waals surface area contributed by atoms with Crippen LogP contribution in [0.4, 0.5) is 0 Å². The van der Waals surface area contributed by atoms with Crippen LogP contribution in [0, 0.1) is 0 Å². The first-order valence-corrected chi connectivity index (χ1v) is 12.5. The van der Waals surface area contributed by atoms with Crippen molar-refractivity contribution in [3.8, 4) is 0 Å². The first-order valence-electron chi connectivity index (χ1n) is 10.0. The molecule has 0 aromatic heterocycles. The molecule has 172 valence electrons. The highest BCUT2D eigenvalue weighted by molar-refractivity contribution is 7.54. The van der Waals surface area contributed by atoms with Crippen molar-refractivity contribution >= 4 is 48.4 Å². The first-order chi connectivity index (χ1) is 14.6. The number of rotatable bonds is 12. The zero-order chi connectivity index (χ0) is 23.2. The Kier molecular flexibility index (Phi) is 9.52. The normalized spacial score (nSPS) is 14.7. The number of nitrogens with zero attached hydrogens (tertiary/aromatic N) is 1. The minimum absolute atomic E-state index is 0.0572. The average Bonchev–Trinajstić information content (AvgIpc) is 3.49. The van der Waals surface area contributed by atoms with Crippen LogP contribution in [-0.2, 0) is 34.5 Å². The van der Waals surface area contributed by atoms with Crippen LogP contribution in [0.3, 0.4) is 0 Å². The summed E-state index contributed by atoms with van der Waals surface area (Å²) < 4.78 is 23.2. The molecule has 1 atom stereocenters. The van der Waals surface area contributed by atoms with E-state index in [2.05, 4.69) is 5.32 Å². The number of nitrogens with one attached hydrogen (secondary N) is 1. The number of hydrogen-bond donors (Lipinski definition) is 1. The van der Waals surface area contributed by atoms with Gasteiger partial charge in [-0.1, -0.05) is 29.3 Å². The lowest BCUT2D eigenvalue weighted by molar-refractivity contribution is -0.145. The maximum Gasteiger partial charge on any atom is 0.340 e. The molecule has 0 saturated heterocycles. The molecule has 1 N–H and O–H groups in total. The molecular weight excluding hydrogens is 466 g/mol. The van der Waals surface area contributed by atoms with Crippen molar-refractivity contribution in [3.63, 3.8) is 0 Å². The Morgan fingerprint density at radius 1 is 1.19 bits per heavy atom. The topological polar surface area (TPSA) is 102 Å². The molecule has 1 saturated carbocycles. The lowest BCUT2D eigenvalue weighted by atomic mass is 10.1. The Morgan fingerprint density at radius 2 is 1.81 bits per heavy atom. The number of amides is 2. The number of ketones is 1. The standard InChI is InChI=1S/C20H27Cl2N2O6P/c1-4-29-31(28,30-5-2)12-18(26)24(16-8-9-16)19(13(3)25)20(27)23-11-14-6-7-15(21)10-17(14)22/h6-7,10,16,19H,4-5,8-9,11-12H2,1-3H3,(H,23,27). The van der Waals surface area contributed by atoms with Gasteiger partial charge in [-0.2, -0.15) is 0 Å². The van der Waals surface area contributed by atoms with Crippen molar-refractivity contribution in [2.75, 3.05) is 19.4 Å². The third-order valence-electron chi connectivity index (χ3n) is 4.59. The third-order valence-corrected chi connectivity index (χ3v) is 7.14. The van der Waals surface area contributed by atoms with Gasteiger partial charge in [0, 0.05) is 22.6 Å². The average molecular weight is 493 g/mol. The Bertz CT molecular complexity index is 867. The predicted octanol–water partition coefficient (Wildman–Crippen LogP) is 3.82. The van der Waals surface area contributed by atoms with Crippen LogP contribution in [0.5, 0.6) is 0 Å². The SMILES string of the molecule is CCOP(=O)(CC(=O)N(C1CC1)C(C(C)=O)C(=O)NCc1ccc(Cl)cc1Cl)OCC. The lowest BCUT2D eigenvalue weighted by Crippen LogP contribution is -2.54. The van der Waals surface area contributed by atoms with Crippen LogP contribution in [0.2, 0.25) is 10.0 Å². The Labute approximate surface area is 192 Å². The number of carbonyl (C=O) groups is 3. The van der Waals surface area contributed by atoms with Gasteiger partial charge in [0.15, 0.2) is 11.8 Å². The van der Waals surface area contributed by atoms with Crippen LogP contribution in [0.15, 0.2) is 18.2 Å². The summed E-state index contributed by atoms with van der Waals surface area (Å²) >= 11 is 12.0. The van der Waals surface area contributed by atoms with E-state index in [4.69, 9.17) is 32.2 Å². The summed E-state index contributed by atoms with van der Waals surface area (Å²) in [4.78, 5) is 39.5. The number of benzene rings is 1. The molecular formula is C20H27Cl2N2O6P. The molecule has 1 aliphatic carbocycles. The lowest BCUT2D eigenvalue weighted by Gasteiger charge is -2.30. The van der Waals surface area contributed by atoms with E-state index < -0.39 is 37.4 Å². The number of hydrogen-bond acceptors (Lipinski definition) is 6. The maximum absolute atomic E-state index is 13.0. The second-order valence-corrected chi connectivity index (χ2v) is 10.0. The van der Waals surface area contributed by atoms with E-state index in [0.29, 0.717) is 28.5 Å². The van der Waals surface area contributed by atoms with Crippen LogP contribution >= 0.6 is 30.8 Å².